The molecule has 88 valence electrons. The SMILES string of the molecule is CCOc1ccc(NC(=O)COC)cc1Cl. The molecule has 0 heterocycles. The molecule has 0 aliphatic carbocycles. The fourth-order valence-corrected chi connectivity index (χ4v) is 1.41. The molecule has 1 aromatic carbocycles. The van der Waals surface area contributed by atoms with Gasteiger partial charge in [-0.1, -0.05) is 11.6 Å². The highest BCUT2D eigenvalue weighted by atomic mass is 35.5. The van der Waals surface area contributed by atoms with Crippen LogP contribution in [0.1, 0.15) is 6.92 Å². The Balaban J connectivity index is 2.69. The van der Waals surface area contributed by atoms with Crippen molar-refractivity contribution in [3.05, 3.63) is 23.2 Å². The number of hydrogen-bond acceptors (Lipinski definition) is 3. The van der Waals surface area contributed by atoms with Crippen molar-refractivity contribution >= 4 is 23.2 Å². The monoisotopic (exact) mass is 243 g/mol. The molecule has 1 rings (SSSR count). The lowest BCUT2D eigenvalue weighted by molar-refractivity contribution is -0.119. The van der Waals surface area contributed by atoms with Gasteiger partial charge in [-0.05, 0) is 25.1 Å². The quantitative estimate of drug-likeness (QED) is 0.864. The molecule has 0 spiro atoms. The van der Waals surface area contributed by atoms with Gasteiger partial charge in [0.2, 0.25) is 5.91 Å². The molecule has 0 radical (unpaired) electrons. The summed E-state index contributed by atoms with van der Waals surface area (Å²) in [7, 11) is 1.46. The number of benzene rings is 1. The molecule has 5 heteroatoms. The summed E-state index contributed by atoms with van der Waals surface area (Å²) < 4.78 is 9.97. The highest BCUT2D eigenvalue weighted by molar-refractivity contribution is 6.32. The molecule has 1 amide bonds. The van der Waals surface area contributed by atoms with Crippen molar-refractivity contribution in [2.45, 2.75) is 6.92 Å². The number of rotatable bonds is 5. The van der Waals surface area contributed by atoms with Crippen LogP contribution < -0.4 is 10.1 Å². The number of ether oxygens (including phenoxy) is 2. The molecule has 0 saturated carbocycles. The fraction of sp³-hybridized carbons (Fsp3) is 0.364. The molecule has 0 aliphatic heterocycles. The van der Waals surface area contributed by atoms with E-state index in [1.54, 1.807) is 18.2 Å². The maximum absolute atomic E-state index is 11.2. The van der Waals surface area contributed by atoms with Gasteiger partial charge in [0.1, 0.15) is 12.4 Å². The molecule has 0 saturated heterocycles. The van der Waals surface area contributed by atoms with Crippen molar-refractivity contribution in [1.82, 2.24) is 0 Å². The van der Waals surface area contributed by atoms with Crippen molar-refractivity contribution < 1.29 is 14.3 Å². The van der Waals surface area contributed by atoms with Crippen LogP contribution in [0.3, 0.4) is 0 Å². The molecule has 16 heavy (non-hydrogen) atoms. The summed E-state index contributed by atoms with van der Waals surface area (Å²) >= 11 is 5.96. The van der Waals surface area contributed by atoms with Gasteiger partial charge in [-0.15, -0.1) is 0 Å². The van der Waals surface area contributed by atoms with E-state index in [9.17, 15) is 4.79 Å². The van der Waals surface area contributed by atoms with E-state index in [1.165, 1.54) is 7.11 Å². The highest BCUT2D eigenvalue weighted by Crippen LogP contribution is 2.27. The van der Waals surface area contributed by atoms with E-state index in [1.807, 2.05) is 6.92 Å². The molecular weight excluding hydrogens is 230 g/mol. The molecule has 0 aliphatic rings. The minimum atomic E-state index is -0.220. The average Bonchev–Trinajstić information content (AvgIpc) is 2.22. The average molecular weight is 244 g/mol. The molecule has 0 bridgehead atoms. The van der Waals surface area contributed by atoms with Crippen LogP contribution in [-0.4, -0.2) is 26.2 Å². The molecular formula is C11H14ClNO3. The third kappa shape index (κ3) is 3.72. The van der Waals surface area contributed by atoms with Crippen LogP contribution in [-0.2, 0) is 9.53 Å². The predicted molar refractivity (Wildman–Crippen MR) is 63.1 cm³/mol. The van der Waals surface area contributed by atoms with E-state index in [0.29, 0.717) is 23.1 Å². The number of hydrogen-bond donors (Lipinski definition) is 1. The van der Waals surface area contributed by atoms with Gasteiger partial charge in [0.15, 0.2) is 0 Å². The van der Waals surface area contributed by atoms with E-state index in [4.69, 9.17) is 21.1 Å². The summed E-state index contributed by atoms with van der Waals surface area (Å²) in [5.41, 5.74) is 0.621. The van der Waals surface area contributed by atoms with Gasteiger partial charge in [-0.2, -0.15) is 0 Å². The number of amides is 1. The Kier molecular flexibility index (Phi) is 5.08. The lowest BCUT2D eigenvalue weighted by Gasteiger charge is -2.08. The zero-order valence-corrected chi connectivity index (χ0v) is 10.0. The number of anilines is 1. The molecule has 1 N–H and O–H groups in total. The van der Waals surface area contributed by atoms with Gasteiger partial charge >= 0.3 is 0 Å². The van der Waals surface area contributed by atoms with Gasteiger partial charge in [0.25, 0.3) is 0 Å². The first-order valence-electron chi connectivity index (χ1n) is 4.88. The van der Waals surface area contributed by atoms with E-state index < -0.39 is 0 Å². The summed E-state index contributed by atoms with van der Waals surface area (Å²) in [5, 5.41) is 3.12. The zero-order valence-electron chi connectivity index (χ0n) is 9.25. The Morgan fingerprint density at radius 3 is 2.81 bits per heavy atom. The Morgan fingerprint density at radius 2 is 2.25 bits per heavy atom. The summed E-state index contributed by atoms with van der Waals surface area (Å²) in [6.45, 7) is 2.45. The maximum atomic E-state index is 11.2. The van der Waals surface area contributed by atoms with Crippen LogP contribution in [0.4, 0.5) is 5.69 Å². The van der Waals surface area contributed by atoms with Gasteiger partial charge in [0.05, 0.1) is 11.6 Å². The van der Waals surface area contributed by atoms with E-state index in [2.05, 4.69) is 5.32 Å². The van der Waals surface area contributed by atoms with Gasteiger partial charge < -0.3 is 14.8 Å². The standard InChI is InChI=1S/C11H14ClNO3/c1-3-16-10-5-4-8(6-9(10)12)13-11(14)7-15-2/h4-6H,3,7H2,1-2H3,(H,13,14). The van der Waals surface area contributed by atoms with Gasteiger partial charge in [0, 0.05) is 12.8 Å². The van der Waals surface area contributed by atoms with Gasteiger partial charge in [-0.3, -0.25) is 4.79 Å². The van der Waals surface area contributed by atoms with Crippen molar-refractivity contribution in [3.63, 3.8) is 0 Å². The second kappa shape index (κ2) is 6.35. The molecule has 0 aromatic heterocycles. The van der Waals surface area contributed by atoms with Crippen LogP contribution in [0.15, 0.2) is 18.2 Å². The van der Waals surface area contributed by atoms with E-state index in [0.717, 1.165) is 0 Å². The number of nitrogens with one attached hydrogen (secondary N) is 1. The summed E-state index contributed by atoms with van der Waals surface area (Å²) in [6, 6.07) is 5.08. The first kappa shape index (κ1) is 12.8. The molecule has 0 fully saturated rings. The third-order valence-corrected chi connectivity index (χ3v) is 2.09. The summed E-state index contributed by atoms with van der Waals surface area (Å²) in [5.74, 6) is 0.386. The van der Waals surface area contributed by atoms with Gasteiger partial charge in [-0.25, -0.2) is 0 Å². The minimum absolute atomic E-state index is 0.0187. The van der Waals surface area contributed by atoms with Crippen molar-refractivity contribution in [1.29, 1.82) is 0 Å². The van der Waals surface area contributed by atoms with Crippen molar-refractivity contribution in [2.75, 3.05) is 25.6 Å². The number of carbonyl (C=O) groups excluding carboxylic acids is 1. The van der Waals surface area contributed by atoms with E-state index in [-0.39, 0.29) is 12.5 Å². The largest absolute Gasteiger partial charge is 0.492 e. The molecule has 0 unspecified atom stereocenters. The first-order valence-corrected chi connectivity index (χ1v) is 5.26. The Bertz CT molecular complexity index is 368. The lowest BCUT2D eigenvalue weighted by Crippen LogP contribution is -2.17. The van der Waals surface area contributed by atoms with Crippen molar-refractivity contribution in [2.24, 2.45) is 0 Å². The Morgan fingerprint density at radius 1 is 1.50 bits per heavy atom. The third-order valence-electron chi connectivity index (χ3n) is 1.79. The van der Waals surface area contributed by atoms with Crippen LogP contribution >= 0.6 is 11.6 Å². The normalized spacial score (nSPS) is 9.94. The smallest absolute Gasteiger partial charge is 0.250 e. The predicted octanol–water partition coefficient (Wildman–Crippen LogP) is 2.32. The van der Waals surface area contributed by atoms with E-state index >= 15 is 0 Å². The second-order valence-corrected chi connectivity index (χ2v) is 3.47. The Labute approximate surface area is 99.5 Å². The topological polar surface area (TPSA) is 47.6 Å². The number of halogens is 1. The van der Waals surface area contributed by atoms with Crippen LogP contribution in [0.5, 0.6) is 5.75 Å². The Hall–Kier alpha value is -1.26. The minimum Gasteiger partial charge on any atom is -0.492 e. The lowest BCUT2D eigenvalue weighted by atomic mass is 10.3. The zero-order chi connectivity index (χ0) is 12.0. The van der Waals surface area contributed by atoms with Crippen LogP contribution in [0, 0.1) is 0 Å². The molecule has 0 atom stereocenters. The first-order chi connectivity index (χ1) is 7.67. The second-order valence-electron chi connectivity index (χ2n) is 3.06. The van der Waals surface area contributed by atoms with Crippen LogP contribution in [0.2, 0.25) is 5.02 Å². The molecule has 4 nitrogen and oxygen atoms in total. The number of carbonyl (C=O) groups is 1. The van der Waals surface area contributed by atoms with Crippen LogP contribution in [0.25, 0.3) is 0 Å². The summed E-state index contributed by atoms with van der Waals surface area (Å²) in [4.78, 5) is 11.2. The maximum Gasteiger partial charge on any atom is 0.250 e. The fourth-order valence-electron chi connectivity index (χ4n) is 1.18. The highest BCUT2D eigenvalue weighted by Gasteiger charge is 2.05. The summed E-state index contributed by atoms with van der Waals surface area (Å²) in [6.07, 6.45) is 0. The molecule has 1 aromatic rings. The number of methoxy groups -OCH3 is 1. The van der Waals surface area contributed by atoms with Crippen molar-refractivity contribution in [3.8, 4) is 5.75 Å².